The van der Waals surface area contributed by atoms with Crippen molar-refractivity contribution in [1.82, 2.24) is 4.90 Å². The molecular weight excluding hydrogens is 731 g/mol. The van der Waals surface area contributed by atoms with Gasteiger partial charge in [0.15, 0.2) is 23.9 Å². The zero-order chi connectivity index (χ0) is 36.1. The first-order valence-corrected chi connectivity index (χ1v) is 19.2. The molecule has 6 rings (SSSR count). The molecule has 3 aromatic rings. The second kappa shape index (κ2) is 16.5. The van der Waals surface area contributed by atoms with Gasteiger partial charge in [-0.2, -0.15) is 8.78 Å². The predicted molar refractivity (Wildman–Crippen MR) is 185 cm³/mol. The standard InChI is InChI=1S/C35H39Cl2F2N3O8S/c36-28-18-40-19-29(37)26(28)17-32(24-5-8-31(50-35(38)39)33(15-24)48-20-22-1-2-22)49-34(44)27-16-25(6-7-30(27)43)42(51(45,46)21-23-3-4-23)10-9-41-11-13-47-14-12-41/h5-8,15-16,18-19,22-23,32,35,43H,1-4,9-14,17,20-21H2/p+1/t32-/m0/s1. The second-order valence-corrected chi connectivity index (χ2v) is 15.8. The Balaban J connectivity index is 1.31. The molecule has 2 aromatic carbocycles. The fourth-order valence-corrected chi connectivity index (χ4v) is 8.24. The topological polar surface area (TPSA) is 129 Å². The summed E-state index contributed by atoms with van der Waals surface area (Å²) < 4.78 is 77.2. The van der Waals surface area contributed by atoms with Crippen molar-refractivity contribution in [2.24, 2.45) is 11.8 Å². The summed E-state index contributed by atoms with van der Waals surface area (Å²) in [6, 6.07) is 8.25. The van der Waals surface area contributed by atoms with E-state index in [1.807, 2.05) is 0 Å². The number of pyridine rings is 1. The number of hydrogen-bond donors (Lipinski definition) is 1. The van der Waals surface area contributed by atoms with E-state index >= 15 is 0 Å². The van der Waals surface area contributed by atoms with Crippen molar-refractivity contribution in [3.63, 3.8) is 0 Å². The van der Waals surface area contributed by atoms with Gasteiger partial charge in [-0.3, -0.25) is 9.21 Å². The molecule has 3 fully saturated rings. The number of esters is 1. The molecule has 11 nitrogen and oxygen atoms in total. The number of H-pyrrole nitrogens is 1. The van der Waals surface area contributed by atoms with E-state index in [4.69, 9.17) is 42.1 Å². The van der Waals surface area contributed by atoms with E-state index in [0.29, 0.717) is 56.5 Å². The highest BCUT2D eigenvalue weighted by Gasteiger charge is 2.34. The molecule has 0 radical (unpaired) electrons. The number of morpholine rings is 1. The summed E-state index contributed by atoms with van der Waals surface area (Å²) in [6.45, 7) is 0.229. The Morgan fingerprint density at radius 2 is 1.73 bits per heavy atom. The average Bonchev–Trinajstić information content (AvgIpc) is 4.04. The normalized spacial score (nSPS) is 17.3. The molecule has 2 aliphatic carbocycles. The fraction of sp³-hybridized carbons (Fsp3) is 0.486. The highest BCUT2D eigenvalue weighted by molar-refractivity contribution is 7.92. The lowest BCUT2D eigenvalue weighted by molar-refractivity contribution is -0.377. The maximum atomic E-state index is 13.9. The number of carbonyl (C=O) groups is 1. The number of rotatable bonds is 17. The van der Waals surface area contributed by atoms with Crippen LogP contribution in [0.3, 0.4) is 0 Å². The average molecular weight is 772 g/mol. The van der Waals surface area contributed by atoms with E-state index < -0.39 is 34.5 Å². The van der Waals surface area contributed by atoms with Crippen LogP contribution in [-0.2, 0) is 25.9 Å². The SMILES string of the molecule is O=C(O[C@@H](Cc1c(Cl)c[nH+]cc1Cl)c1ccc(OC(F)F)c(OCC2CC2)c1)c1cc(N(CCN2CCOCC2)S(=O)(=O)CC2CC2)ccc1O. The minimum atomic E-state index is -3.78. The van der Waals surface area contributed by atoms with Gasteiger partial charge in [-0.1, -0.05) is 29.3 Å². The van der Waals surface area contributed by atoms with E-state index in [1.165, 1.54) is 53.1 Å². The number of sulfonamides is 1. The lowest BCUT2D eigenvalue weighted by atomic mass is 10.0. The van der Waals surface area contributed by atoms with Crippen molar-refractivity contribution in [2.45, 2.75) is 44.8 Å². The number of phenolic OH excluding ortho intramolecular Hbond substituents is 1. The minimum absolute atomic E-state index is 0.0225. The zero-order valence-electron chi connectivity index (χ0n) is 27.7. The molecule has 0 spiro atoms. The highest BCUT2D eigenvalue weighted by atomic mass is 35.5. The number of carbonyl (C=O) groups excluding carboxylic acids is 1. The molecule has 0 amide bonds. The first-order chi connectivity index (χ1) is 24.5. The van der Waals surface area contributed by atoms with Gasteiger partial charge < -0.3 is 24.1 Å². The number of aromatic amines is 1. The highest BCUT2D eigenvalue weighted by Crippen LogP contribution is 2.39. The number of aromatic nitrogens is 1. The van der Waals surface area contributed by atoms with Gasteiger partial charge in [0.25, 0.3) is 0 Å². The van der Waals surface area contributed by atoms with Gasteiger partial charge in [-0.05, 0) is 73.4 Å². The number of aromatic hydroxyl groups is 1. The lowest BCUT2D eigenvalue weighted by Gasteiger charge is -2.31. The van der Waals surface area contributed by atoms with Crippen LogP contribution in [0.4, 0.5) is 14.5 Å². The molecule has 51 heavy (non-hydrogen) atoms. The van der Waals surface area contributed by atoms with Gasteiger partial charge >= 0.3 is 12.6 Å². The number of hydrogen-bond acceptors (Lipinski definition) is 9. The summed E-state index contributed by atoms with van der Waals surface area (Å²) in [5.41, 5.74) is 0.725. The molecule has 1 saturated heterocycles. The Hall–Kier alpha value is -3.43. The Bertz CT molecular complexity index is 1790. The Morgan fingerprint density at radius 1 is 1.02 bits per heavy atom. The number of benzene rings is 2. The molecule has 276 valence electrons. The van der Waals surface area contributed by atoms with Crippen LogP contribution in [-0.4, -0.2) is 82.8 Å². The van der Waals surface area contributed by atoms with Crippen molar-refractivity contribution in [3.8, 4) is 17.2 Å². The van der Waals surface area contributed by atoms with Crippen molar-refractivity contribution in [2.75, 3.05) is 56.1 Å². The van der Waals surface area contributed by atoms with Crippen LogP contribution in [0.2, 0.25) is 10.0 Å². The maximum Gasteiger partial charge on any atom is 0.387 e. The number of halogens is 4. The zero-order valence-corrected chi connectivity index (χ0v) is 30.1. The number of alkyl halides is 2. The smallest absolute Gasteiger partial charge is 0.387 e. The lowest BCUT2D eigenvalue weighted by Crippen LogP contribution is -2.44. The van der Waals surface area contributed by atoms with Crippen molar-refractivity contribution in [3.05, 3.63) is 75.5 Å². The Labute approximate surface area is 305 Å². The first-order valence-electron chi connectivity index (χ1n) is 16.9. The Kier molecular flexibility index (Phi) is 12.1. The van der Waals surface area contributed by atoms with Crippen molar-refractivity contribution < 1.29 is 51.0 Å². The monoisotopic (exact) mass is 770 g/mol. The van der Waals surface area contributed by atoms with E-state index in [2.05, 4.69) is 9.88 Å². The quantitative estimate of drug-likeness (QED) is 0.166. The van der Waals surface area contributed by atoms with Crippen LogP contribution in [0.5, 0.6) is 17.2 Å². The third-order valence-electron chi connectivity index (χ3n) is 9.05. The summed E-state index contributed by atoms with van der Waals surface area (Å²) in [5.74, 6) is -1.17. The van der Waals surface area contributed by atoms with Crippen LogP contribution < -0.4 is 18.8 Å². The summed E-state index contributed by atoms with van der Waals surface area (Å²) >= 11 is 12.9. The molecule has 0 bridgehead atoms. The fourth-order valence-electron chi connectivity index (χ4n) is 5.80. The van der Waals surface area contributed by atoms with E-state index in [0.717, 1.165) is 25.7 Å². The maximum absolute atomic E-state index is 13.9. The third kappa shape index (κ3) is 10.1. The van der Waals surface area contributed by atoms with Crippen LogP contribution in [0.25, 0.3) is 0 Å². The van der Waals surface area contributed by atoms with Gasteiger partial charge in [-0.15, -0.1) is 0 Å². The second-order valence-electron chi connectivity index (χ2n) is 13.0. The number of ether oxygens (including phenoxy) is 4. The predicted octanol–water partition coefficient (Wildman–Crippen LogP) is 5.92. The summed E-state index contributed by atoms with van der Waals surface area (Å²) in [5, 5.41) is 11.4. The van der Waals surface area contributed by atoms with Crippen LogP contribution in [0.1, 0.15) is 53.3 Å². The molecule has 1 aliphatic heterocycles. The van der Waals surface area contributed by atoms with Crippen LogP contribution in [0, 0.1) is 11.8 Å². The first kappa shape index (κ1) is 37.3. The molecule has 3 aliphatic rings. The van der Waals surface area contributed by atoms with E-state index in [1.54, 1.807) is 0 Å². The molecule has 16 heteroatoms. The summed E-state index contributed by atoms with van der Waals surface area (Å²) in [7, 11) is -3.78. The van der Waals surface area contributed by atoms with Gasteiger partial charge in [-0.25, -0.2) is 18.2 Å². The van der Waals surface area contributed by atoms with Gasteiger partial charge in [0.1, 0.15) is 27.5 Å². The molecule has 2 N–H and O–H groups in total. The molecule has 2 saturated carbocycles. The van der Waals surface area contributed by atoms with Crippen molar-refractivity contribution in [1.29, 1.82) is 0 Å². The number of nitrogens with zero attached hydrogens (tertiary/aromatic N) is 2. The van der Waals surface area contributed by atoms with Gasteiger partial charge in [0.05, 0.1) is 31.3 Å². The van der Waals surface area contributed by atoms with Crippen LogP contribution >= 0.6 is 23.2 Å². The molecule has 2 heterocycles. The summed E-state index contributed by atoms with van der Waals surface area (Å²) in [6.07, 6.45) is 5.45. The van der Waals surface area contributed by atoms with Gasteiger partial charge in [0, 0.05) is 38.2 Å². The van der Waals surface area contributed by atoms with E-state index in [-0.39, 0.29) is 57.4 Å². The van der Waals surface area contributed by atoms with Crippen molar-refractivity contribution >= 4 is 44.9 Å². The molecule has 1 aromatic heterocycles. The van der Waals surface area contributed by atoms with E-state index in [9.17, 15) is 27.1 Å². The number of nitrogens with one attached hydrogen (secondary N) is 1. The molecule has 1 atom stereocenters. The number of phenols is 1. The van der Waals surface area contributed by atoms with Gasteiger partial charge in [0.2, 0.25) is 10.0 Å². The van der Waals surface area contributed by atoms with Crippen LogP contribution in [0.15, 0.2) is 48.8 Å². The minimum Gasteiger partial charge on any atom is -0.507 e. The Morgan fingerprint density at radius 3 is 2.39 bits per heavy atom. The summed E-state index contributed by atoms with van der Waals surface area (Å²) in [4.78, 5) is 18.9. The largest absolute Gasteiger partial charge is 0.507 e. The molecular formula is C35H40Cl2F2N3O8S+. The molecule has 0 unspecified atom stereocenters. The third-order valence-corrected chi connectivity index (χ3v) is 11.7. The number of anilines is 1.